The summed E-state index contributed by atoms with van der Waals surface area (Å²) in [7, 11) is 0. The van der Waals surface area contributed by atoms with Gasteiger partial charge in [0.2, 0.25) is 0 Å². The molecule has 0 atom stereocenters. The molecule has 0 spiro atoms. The normalized spacial score (nSPS) is 11.6. The molecule has 0 saturated heterocycles. The second-order valence-corrected chi connectivity index (χ2v) is 6.52. The number of thiazole rings is 1. The number of benzene rings is 2. The van der Waals surface area contributed by atoms with Gasteiger partial charge in [0.05, 0.1) is 11.3 Å². The van der Waals surface area contributed by atoms with Crippen LogP contribution in [0.2, 0.25) is 0 Å². The molecule has 0 aliphatic rings. The van der Waals surface area contributed by atoms with Crippen LogP contribution >= 0.6 is 11.3 Å². The maximum Gasteiger partial charge on any atom is 0.416 e. The Balaban J connectivity index is 1.87. The van der Waals surface area contributed by atoms with Gasteiger partial charge in [0.25, 0.3) is 0 Å². The highest BCUT2D eigenvalue weighted by atomic mass is 32.1. The number of rotatable bonds is 3. The summed E-state index contributed by atoms with van der Waals surface area (Å²) < 4.78 is 43.5. The first kappa shape index (κ1) is 17.3. The van der Waals surface area contributed by atoms with Crippen LogP contribution in [0.3, 0.4) is 0 Å². The molecule has 130 valence electrons. The summed E-state index contributed by atoms with van der Waals surface area (Å²) in [5, 5.41) is 2.39. The SMILES string of the molecule is Cc1cc(Oc2ccc(C(F)(F)F)cc2)cc(C)c1-c1csc(N)n1. The summed E-state index contributed by atoms with van der Waals surface area (Å²) in [4.78, 5) is 4.30. The Morgan fingerprint density at radius 3 is 2.08 bits per heavy atom. The number of aryl methyl sites for hydroxylation is 2. The topological polar surface area (TPSA) is 48.1 Å². The predicted octanol–water partition coefficient (Wildman–Crippen LogP) is 5.82. The average molecular weight is 364 g/mol. The van der Waals surface area contributed by atoms with E-state index >= 15 is 0 Å². The average Bonchev–Trinajstić information content (AvgIpc) is 2.92. The number of ether oxygens (including phenoxy) is 1. The fourth-order valence-corrected chi connectivity index (χ4v) is 3.19. The molecule has 1 aromatic heterocycles. The van der Waals surface area contributed by atoms with Crippen LogP contribution in [-0.2, 0) is 6.18 Å². The number of nitrogens with zero attached hydrogens (tertiary/aromatic N) is 1. The lowest BCUT2D eigenvalue weighted by molar-refractivity contribution is -0.137. The number of halogens is 3. The molecule has 0 aliphatic heterocycles. The quantitative estimate of drug-likeness (QED) is 0.637. The van der Waals surface area contributed by atoms with Crippen molar-refractivity contribution in [1.29, 1.82) is 0 Å². The van der Waals surface area contributed by atoms with Gasteiger partial charge in [0.15, 0.2) is 5.13 Å². The highest BCUT2D eigenvalue weighted by Gasteiger charge is 2.30. The van der Waals surface area contributed by atoms with Crippen LogP contribution in [-0.4, -0.2) is 4.98 Å². The Labute approximate surface area is 146 Å². The third-order valence-electron chi connectivity index (χ3n) is 3.70. The Hall–Kier alpha value is -2.54. The highest BCUT2D eigenvalue weighted by Crippen LogP contribution is 2.35. The summed E-state index contributed by atoms with van der Waals surface area (Å²) in [5.74, 6) is 0.902. The number of nitrogen functional groups attached to an aromatic ring is 1. The second kappa shape index (κ2) is 6.40. The molecule has 0 saturated carbocycles. The molecule has 0 unspecified atom stereocenters. The third kappa shape index (κ3) is 3.76. The Morgan fingerprint density at radius 2 is 1.60 bits per heavy atom. The van der Waals surface area contributed by atoms with E-state index in [-0.39, 0.29) is 0 Å². The number of aromatic nitrogens is 1. The van der Waals surface area contributed by atoms with Gasteiger partial charge in [-0.25, -0.2) is 4.98 Å². The van der Waals surface area contributed by atoms with E-state index < -0.39 is 11.7 Å². The molecule has 7 heteroatoms. The Kier molecular flexibility index (Phi) is 4.43. The van der Waals surface area contributed by atoms with E-state index in [1.807, 2.05) is 31.4 Å². The van der Waals surface area contributed by atoms with Gasteiger partial charge in [-0.15, -0.1) is 11.3 Å². The van der Waals surface area contributed by atoms with Gasteiger partial charge in [-0.1, -0.05) is 0 Å². The van der Waals surface area contributed by atoms with Crippen molar-refractivity contribution in [2.75, 3.05) is 5.73 Å². The molecule has 0 fully saturated rings. The zero-order valence-electron chi connectivity index (χ0n) is 13.5. The molecule has 3 rings (SSSR count). The van der Waals surface area contributed by atoms with E-state index in [0.717, 1.165) is 34.5 Å². The first-order valence-electron chi connectivity index (χ1n) is 7.42. The van der Waals surface area contributed by atoms with Gasteiger partial charge < -0.3 is 10.5 Å². The summed E-state index contributed by atoms with van der Waals surface area (Å²) in [6.45, 7) is 3.86. The molecule has 25 heavy (non-hydrogen) atoms. The van der Waals surface area contributed by atoms with Crippen molar-refractivity contribution >= 4 is 16.5 Å². The van der Waals surface area contributed by atoms with Crippen molar-refractivity contribution in [3.8, 4) is 22.8 Å². The molecule has 2 aromatic carbocycles. The van der Waals surface area contributed by atoms with Gasteiger partial charge in [-0.3, -0.25) is 0 Å². The van der Waals surface area contributed by atoms with Crippen molar-refractivity contribution in [2.24, 2.45) is 0 Å². The third-order valence-corrected chi connectivity index (χ3v) is 4.38. The largest absolute Gasteiger partial charge is 0.457 e. The molecule has 2 N–H and O–H groups in total. The highest BCUT2D eigenvalue weighted by molar-refractivity contribution is 7.13. The van der Waals surface area contributed by atoms with Crippen molar-refractivity contribution < 1.29 is 17.9 Å². The number of hydrogen-bond donors (Lipinski definition) is 1. The van der Waals surface area contributed by atoms with E-state index in [4.69, 9.17) is 10.5 Å². The maximum atomic E-state index is 12.6. The molecule has 3 aromatic rings. The smallest absolute Gasteiger partial charge is 0.416 e. The first-order chi connectivity index (χ1) is 11.7. The van der Waals surface area contributed by atoms with Crippen molar-refractivity contribution in [3.05, 3.63) is 58.5 Å². The fraction of sp³-hybridized carbons (Fsp3) is 0.167. The molecular weight excluding hydrogens is 349 g/mol. The van der Waals surface area contributed by atoms with Crippen LogP contribution in [0.5, 0.6) is 11.5 Å². The zero-order chi connectivity index (χ0) is 18.2. The molecule has 3 nitrogen and oxygen atoms in total. The van der Waals surface area contributed by atoms with Crippen LogP contribution in [0, 0.1) is 13.8 Å². The van der Waals surface area contributed by atoms with Crippen LogP contribution in [0.4, 0.5) is 18.3 Å². The standard InChI is InChI=1S/C18H15F3N2OS/c1-10-7-14(8-11(2)16(10)15-9-25-17(22)23-15)24-13-5-3-12(4-6-13)18(19,20)21/h3-9H,1-2H3,(H2,22,23). The summed E-state index contributed by atoms with van der Waals surface area (Å²) in [5.41, 5.74) is 8.67. The first-order valence-corrected chi connectivity index (χ1v) is 8.30. The molecule has 0 bridgehead atoms. The summed E-state index contributed by atoms with van der Waals surface area (Å²) in [6.07, 6.45) is -4.36. The summed E-state index contributed by atoms with van der Waals surface area (Å²) >= 11 is 1.37. The number of anilines is 1. The van der Waals surface area contributed by atoms with E-state index in [0.29, 0.717) is 16.6 Å². The predicted molar refractivity (Wildman–Crippen MR) is 93.0 cm³/mol. The lowest BCUT2D eigenvalue weighted by Gasteiger charge is -2.13. The minimum Gasteiger partial charge on any atom is -0.457 e. The zero-order valence-corrected chi connectivity index (χ0v) is 14.3. The monoisotopic (exact) mass is 364 g/mol. The second-order valence-electron chi connectivity index (χ2n) is 5.63. The minimum absolute atomic E-state index is 0.345. The fourth-order valence-electron chi connectivity index (χ4n) is 2.64. The number of hydrogen-bond acceptors (Lipinski definition) is 4. The van der Waals surface area contributed by atoms with Crippen LogP contribution in [0.1, 0.15) is 16.7 Å². The number of alkyl halides is 3. The van der Waals surface area contributed by atoms with E-state index in [2.05, 4.69) is 4.98 Å². The molecule has 0 aliphatic carbocycles. The molecule has 0 radical (unpaired) electrons. The van der Waals surface area contributed by atoms with Crippen LogP contribution < -0.4 is 10.5 Å². The minimum atomic E-state index is -4.36. The van der Waals surface area contributed by atoms with E-state index in [9.17, 15) is 13.2 Å². The molecule has 0 amide bonds. The Bertz CT molecular complexity index is 878. The van der Waals surface area contributed by atoms with Gasteiger partial charge in [0, 0.05) is 10.9 Å². The van der Waals surface area contributed by atoms with Crippen molar-refractivity contribution in [3.63, 3.8) is 0 Å². The lowest BCUT2D eigenvalue weighted by atomic mass is 10.0. The molecular formula is C18H15F3N2OS. The van der Waals surface area contributed by atoms with Gasteiger partial charge in [0.1, 0.15) is 11.5 Å². The van der Waals surface area contributed by atoms with E-state index in [1.165, 1.54) is 23.5 Å². The van der Waals surface area contributed by atoms with Crippen LogP contribution in [0.25, 0.3) is 11.3 Å². The maximum absolute atomic E-state index is 12.6. The summed E-state index contributed by atoms with van der Waals surface area (Å²) in [6, 6.07) is 8.28. The van der Waals surface area contributed by atoms with Crippen molar-refractivity contribution in [2.45, 2.75) is 20.0 Å². The molecule has 1 heterocycles. The van der Waals surface area contributed by atoms with Crippen molar-refractivity contribution in [1.82, 2.24) is 4.98 Å². The van der Waals surface area contributed by atoms with Gasteiger partial charge >= 0.3 is 6.18 Å². The Morgan fingerprint density at radius 1 is 1.00 bits per heavy atom. The van der Waals surface area contributed by atoms with Gasteiger partial charge in [-0.2, -0.15) is 13.2 Å². The van der Waals surface area contributed by atoms with Crippen LogP contribution in [0.15, 0.2) is 41.8 Å². The lowest BCUT2D eigenvalue weighted by Crippen LogP contribution is -2.04. The van der Waals surface area contributed by atoms with E-state index in [1.54, 1.807) is 0 Å². The van der Waals surface area contributed by atoms with Gasteiger partial charge in [-0.05, 0) is 61.4 Å². The number of nitrogens with two attached hydrogens (primary N) is 1.